The van der Waals surface area contributed by atoms with Gasteiger partial charge in [0.15, 0.2) is 5.78 Å². The lowest BCUT2D eigenvalue weighted by molar-refractivity contribution is -0.113. The second-order valence-corrected chi connectivity index (χ2v) is 8.48. The number of benzene rings is 2. The second kappa shape index (κ2) is 8.70. The van der Waals surface area contributed by atoms with E-state index in [-0.39, 0.29) is 5.78 Å². The van der Waals surface area contributed by atoms with Gasteiger partial charge in [0.1, 0.15) is 0 Å². The van der Waals surface area contributed by atoms with Gasteiger partial charge >= 0.3 is 0 Å². The fourth-order valence-electron chi connectivity index (χ4n) is 3.57. The standard InChI is InChI=1S/C26H31NO/c1-18(2)22-10-6-20(7-11-22)14-24-16-27(5)17-25(26(24)28)15-21-8-12-23(13-9-21)19(3)4/h6-15,18-19H,16-17H2,1-5H3. The van der Waals surface area contributed by atoms with Crippen LogP contribution in [0.4, 0.5) is 0 Å². The van der Waals surface area contributed by atoms with Gasteiger partial charge in [-0.25, -0.2) is 0 Å². The molecule has 0 aromatic heterocycles. The zero-order valence-electron chi connectivity index (χ0n) is 17.7. The van der Waals surface area contributed by atoms with E-state index in [1.807, 2.05) is 12.2 Å². The highest BCUT2D eigenvalue weighted by atomic mass is 16.1. The van der Waals surface area contributed by atoms with E-state index >= 15 is 0 Å². The molecule has 2 aromatic carbocycles. The summed E-state index contributed by atoms with van der Waals surface area (Å²) in [5.41, 5.74) is 6.53. The number of hydrogen-bond donors (Lipinski definition) is 0. The predicted molar refractivity (Wildman–Crippen MR) is 120 cm³/mol. The van der Waals surface area contributed by atoms with E-state index in [0.29, 0.717) is 24.9 Å². The van der Waals surface area contributed by atoms with Crippen molar-refractivity contribution in [2.45, 2.75) is 39.5 Å². The van der Waals surface area contributed by atoms with Gasteiger partial charge in [-0.15, -0.1) is 0 Å². The van der Waals surface area contributed by atoms with E-state index in [1.165, 1.54) is 11.1 Å². The first kappa shape index (κ1) is 20.3. The Bertz CT molecular complexity index is 810. The molecule has 1 fully saturated rings. The van der Waals surface area contributed by atoms with Gasteiger partial charge in [-0.2, -0.15) is 0 Å². The summed E-state index contributed by atoms with van der Waals surface area (Å²) in [7, 11) is 2.07. The van der Waals surface area contributed by atoms with Crippen molar-refractivity contribution in [3.63, 3.8) is 0 Å². The lowest BCUT2D eigenvalue weighted by atomic mass is 9.93. The van der Waals surface area contributed by atoms with Crippen molar-refractivity contribution in [3.05, 3.63) is 81.9 Å². The molecule has 0 spiro atoms. The Morgan fingerprint density at radius 1 is 0.714 bits per heavy atom. The summed E-state index contributed by atoms with van der Waals surface area (Å²) in [4.78, 5) is 15.3. The van der Waals surface area contributed by atoms with Gasteiger partial charge in [0, 0.05) is 24.2 Å². The highest BCUT2D eigenvalue weighted by Crippen LogP contribution is 2.23. The molecule has 0 aliphatic carbocycles. The highest BCUT2D eigenvalue weighted by Gasteiger charge is 2.23. The van der Waals surface area contributed by atoms with Gasteiger partial charge in [0.2, 0.25) is 0 Å². The van der Waals surface area contributed by atoms with Crippen LogP contribution < -0.4 is 0 Å². The van der Waals surface area contributed by atoms with Crippen LogP contribution in [0.3, 0.4) is 0 Å². The van der Waals surface area contributed by atoms with E-state index in [4.69, 9.17) is 0 Å². The molecule has 0 saturated carbocycles. The first-order valence-corrected chi connectivity index (χ1v) is 10.2. The fraction of sp³-hybridized carbons (Fsp3) is 0.346. The number of nitrogens with zero attached hydrogens (tertiary/aromatic N) is 1. The van der Waals surface area contributed by atoms with Crippen molar-refractivity contribution >= 4 is 17.9 Å². The minimum absolute atomic E-state index is 0.166. The third-order valence-electron chi connectivity index (χ3n) is 5.35. The minimum Gasteiger partial charge on any atom is -0.298 e. The van der Waals surface area contributed by atoms with Crippen molar-refractivity contribution in [1.82, 2.24) is 4.90 Å². The monoisotopic (exact) mass is 373 g/mol. The molecule has 1 aliphatic heterocycles. The van der Waals surface area contributed by atoms with Gasteiger partial charge in [0.05, 0.1) is 0 Å². The first-order chi connectivity index (χ1) is 13.3. The number of ketones is 1. The van der Waals surface area contributed by atoms with Gasteiger partial charge < -0.3 is 0 Å². The van der Waals surface area contributed by atoms with Crippen LogP contribution in [0.1, 0.15) is 61.8 Å². The quantitative estimate of drug-likeness (QED) is 0.621. The topological polar surface area (TPSA) is 20.3 Å². The zero-order chi connectivity index (χ0) is 20.3. The Labute approximate surface area is 169 Å². The Morgan fingerprint density at radius 3 is 1.39 bits per heavy atom. The van der Waals surface area contributed by atoms with Gasteiger partial charge in [-0.05, 0) is 53.3 Å². The molecule has 2 nitrogen and oxygen atoms in total. The average molecular weight is 374 g/mol. The molecule has 1 saturated heterocycles. The Kier molecular flexibility index (Phi) is 6.31. The molecule has 3 rings (SSSR count). The normalized spacial score (nSPS) is 18.6. The van der Waals surface area contributed by atoms with Crippen LogP contribution in [-0.2, 0) is 4.79 Å². The van der Waals surface area contributed by atoms with Crippen molar-refractivity contribution in [3.8, 4) is 0 Å². The van der Waals surface area contributed by atoms with Crippen molar-refractivity contribution in [2.24, 2.45) is 0 Å². The van der Waals surface area contributed by atoms with Crippen LogP contribution in [0.5, 0.6) is 0 Å². The number of likely N-dealkylation sites (tertiary alicyclic amines) is 1. The van der Waals surface area contributed by atoms with E-state index in [0.717, 1.165) is 22.3 Å². The molecular weight excluding hydrogens is 342 g/mol. The molecule has 2 heteroatoms. The van der Waals surface area contributed by atoms with E-state index in [9.17, 15) is 4.79 Å². The number of rotatable bonds is 4. The fourth-order valence-corrected chi connectivity index (χ4v) is 3.57. The SMILES string of the molecule is CC(C)c1ccc(C=C2CN(C)CC(=Cc3ccc(C(C)C)cc3)C2=O)cc1. The van der Waals surface area contributed by atoms with Crippen molar-refractivity contribution in [2.75, 3.05) is 20.1 Å². The van der Waals surface area contributed by atoms with E-state index < -0.39 is 0 Å². The molecule has 0 bridgehead atoms. The molecule has 0 unspecified atom stereocenters. The molecule has 1 aliphatic rings. The third kappa shape index (κ3) is 4.88. The number of carbonyl (C=O) groups is 1. The summed E-state index contributed by atoms with van der Waals surface area (Å²) < 4.78 is 0. The Balaban J connectivity index is 1.85. The molecule has 1 heterocycles. The molecule has 0 N–H and O–H groups in total. The molecule has 2 aromatic rings. The Hall–Kier alpha value is -2.45. The number of hydrogen-bond acceptors (Lipinski definition) is 2. The second-order valence-electron chi connectivity index (χ2n) is 8.48. The number of Topliss-reactive ketones (excluding diaryl/α,β-unsaturated/α-hetero) is 1. The smallest absolute Gasteiger partial charge is 0.187 e. The summed E-state index contributed by atoms with van der Waals surface area (Å²) in [5.74, 6) is 1.19. The third-order valence-corrected chi connectivity index (χ3v) is 5.35. The number of piperidine rings is 1. The van der Waals surface area contributed by atoms with Crippen molar-refractivity contribution < 1.29 is 4.79 Å². The maximum absolute atomic E-state index is 13.1. The lowest BCUT2D eigenvalue weighted by Gasteiger charge is -2.26. The van der Waals surface area contributed by atoms with Crippen LogP contribution in [0.15, 0.2) is 59.7 Å². The summed E-state index contributed by atoms with van der Waals surface area (Å²) in [6.07, 6.45) is 4.08. The first-order valence-electron chi connectivity index (χ1n) is 10.2. The number of likely N-dealkylation sites (N-methyl/N-ethyl adjacent to an activating group) is 1. The summed E-state index contributed by atoms with van der Waals surface area (Å²) >= 11 is 0. The van der Waals surface area contributed by atoms with Gasteiger partial charge in [-0.3, -0.25) is 9.69 Å². The zero-order valence-corrected chi connectivity index (χ0v) is 17.7. The van der Waals surface area contributed by atoms with Crippen molar-refractivity contribution in [1.29, 1.82) is 0 Å². The Morgan fingerprint density at radius 2 is 1.07 bits per heavy atom. The van der Waals surface area contributed by atoms with Crippen LogP contribution in [0.25, 0.3) is 12.2 Å². The largest absolute Gasteiger partial charge is 0.298 e. The van der Waals surface area contributed by atoms with Crippen LogP contribution in [-0.4, -0.2) is 30.8 Å². The van der Waals surface area contributed by atoms with Crippen LogP contribution in [0, 0.1) is 0 Å². The average Bonchev–Trinajstić information content (AvgIpc) is 2.66. The number of carbonyl (C=O) groups excluding carboxylic acids is 1. The summed E-state index contributed by atoms with van der Waals surface area (Å²) in [6, 6.07) is 17.1. The molecule has 0 radical (unpaired) electrons. The molecular formula is C26H31NO. The summed E-state index contributed by atoms with van der Waals surface area (Å²) in [6.45, 7) is 10.1. The maximum Gasteiger partial charge on any atom is 0.187 e. The van der Waals surface area contributed by atoms with Gasteiger partial charge in [0.25, 0.3) is 0 Å². The molecule has 0 atom stereocenters. The molecule has 0 amide bonds. The maximum atomic E-state index is 13.1. The lowest BCUT2D eigenvalue weighted by Crippen LogP contribution is -2.34. The minimum atomic E-state index is 0.166. The summed E-state index contributed by atoms with van der Waals surface area (Å²) in [5, 5.41) is 0. The highest BCUT2D eigenvalue weighted by molar-refractivity contribution is 6.14. The van der Waals surface area contributed by atoms with Gasteiger partial charge in [-0.1, -0.05) is 76.2 Å². The van der Waals surface area contributed by atoms with E-state index in [2.05, 4.69) is 88.2 Å². The van der Waals surface area contributed by atoms with Crippen LogP contribution in [0.2, 0.25) is 0 Å². The predicted octanol–water partition coefficient (Wildman–Crippen LogP) is 5.91. The van der Waals surface area contributed by atoms with E-state index in [1.54, 1.807) is 0 Å². The van der Waals surface area contributed by atoms with Crippen LogP contribution >= 0.6 is 0 Å². The molecule has 146 valence electrons. The molecule has 28 heavy (non-hydrogen) atoms.